The van der Waals surface area contributed by atoms with Crippen molar-refractivity contribution in [1.29, 1.82) is 0 Å². The van der Waals surface area contributed by atoms with E-state index in [2.05, 4.69) is 33.9 Å². The van der Waals surface area contributed by atoms with Crippen molar-refractivity contribution >= 4 is 15.9 Å². The highest BCUT2D eigenvalue weighted by atomic mass is 79.9. The largest absolute Gasteiger partial charge is 0.496 e. The monoisotopic (exact) mass is 328 g/mol. The van der Waals surface area contributed by atoms with Crippen molar-refractivity contribution in [1.82, 2.24) is 4.90 Å². The van der Waals surface area contributed by atoms with Crippen LogP contribution in [0, 0.1) is 0 Å². The number of hydrogen-bond acceptors (Lipinski definition) is 4. The Labute approximate surface area is 123 Å². The topological polar surface area (TPSA) is 47.7 Å². The van der Waals surface area contributed by atoms with E-state index in [1.807, 2.05) is 12.1 Å². The van der Waals surface area contributed by atoms with Crippen molar-refractivity contribution in [2.45, 2.75) is 18.6 Å². The number of morpholine rings is 1. The van der Waals surface area contributed by atoms with Crippen LogP contribution in [-0.4, -0.2) is 50.9 Å². The lowest BCUT2D eigenvalue weighted by Gasteiger charge is -2.33. The van der Waals surface area contributed by atoms with Crippen molar-refractivity contribution in [3.63, 3.8) is 0 Å². The highest BCUT2D eigenvalue weighted by Crippen LogP contribution is 2.25. The number of hydrogen-bond donors (Lipinski definition) is 1. The molecule has 1 aromatic rings. The Morgan fingerprint density at radius 3 is 3.05 bits per heavy atom. The molecule has 0 radical (unpaired) electrons. The number of likely N-dealkylation sites (N-methyl/N-ethyl adjacent to an activating group) is 1. The third kappa shape index (κ3) is 3.92. The Hall–Kier alpha value is -0.620. The lowest BCUT2D eigenvalue weighted by atomic mass is 10.00. The summed E-state index contributed by atoms with van der Waals surface area (Å²) >= 11 is 3.49. The molecule has 1 aromatic carbocycles. The highest BCUT2D eigenvalue weighted by Gasteiger charge is 2.25. The molecule has 2 unspecified atom stereocenters. The molecule has 0 aliphatic carbocycles. The maximum atomic E-state index is 6.29. The summed E-state index contributed by atoms with van der Waals surface area (Å²) in [6, 6.07) is 5.97. The normalized spacial score (nSPS) is 22.2. The summed E-state index contributed by atoms with van der Waals surface area (Å²) < 4.78 is 12.2. The SMILES string of the molecule is COc1ccc(Br)cc1CC(N)C1CN(C)CCO1. The first-order valence-electron chi connectivity index (χ1n) is 6.48. The van der Waals surface area contributed by atoms with Crippen molar-refractivity contribution in [2.75, 3.05) is 33.9 Å². The van der Waals surface area contributed by atoms with Crippen LogP contribution in [0.15, 0.2) is 22.7 Å². The number of ether oxygens (including phenoxy) is 2. The zero-order chi connectivity index (χ0) is 13.8. The van der Waals surface area contributed by atoms with Gasteiger partial charge in [-0.05, 0) is 37.2 Å². The summed E-state index contributed by atoms with van der Waals surface area (Å²) in [5.74, 6) is 0.878. The Kier molecular flexibility index (Phi) is 5.21. The quantitative estimate of drug-likeness (QED) is 0.913. The number of nitrogens with zero attached hydrogens (tertiary/aromatic N) is 1. The van der Waals surface area contributed by atoms with Gasteiger partial charge in [-0.15, -0.1) is 0 Å². The maximum absolute atomic E-state index is 6.29. The average Bonchev–Trinajstić information content (AvgIpc) is 2.39. The van der Waals surface area contributed by atoms with Gasteiger partial charge in [0.15, 0.2) is 0 Å². The van der Waals surface area contributed by atoms with E-state index in [0.29, 0.717) is 0 Å². The second kappa shape index (κ2) is 6.70. The van der Waals surface area contributed by atoms with Gasteiger partial charge in [0.25, 0.3) is 0 Å². The molecule has 0 amide bonds. The predicted molar refractivity (Wildman–Crippen MR) is 79.6 cm³/mol. The Bertz CT molecular complexity index is 428. The molecule has 19 heavy (non-hydrogen) atoms. The Morgan fingerprint density at radius 2 is 2.37 bits per heavy atom. The molecule has 2 N–H and O–H groups in total. The first kappa shape index (κ1) is 14.8. The molecule has 2 rings (SSSR count). The molecule has 0 bridgehead atoms. The molecule has 2 atom stereocenters. The van der Waals surface area contributed by atoms with Gasteiger partial charge in [0, 0.05) is 23.6 Å². The standard InChI is InChI=1S/C14H21BrN2O2/c1-17-5-6-19-14(9-17)12(16)8-10-7-11(15)3-4-13(10)18-2/h3-4,7,12,14H,5-6,8-9,16H2,1-2H3. The summed E-state index contributed by atoms with van der Waals surface area (Å²) in [4.78, 5) is 2.26. The van der Waals surface area contributed by atoms with Crippen LogP contribution in [0.3, 0.4) is 0 Å². The molecule has 1 saturated heterocycles. The fourth-order valence-corrected chi connectivity index (χ4v) is 2.77. The minimum Gasteiger partial charge on any atom is -0.496 e. The van der Waals surface area contributed by atoms with Crippen LogP contribution in [-0.2, 0) is 11.2 Å². The second-order valence-corrected chi connectivity index (χ2v) is 5.91. The zero-order valence-electron chi connectivity index (χ0n) is 11.4. The summed E-state index contributed by atoms with van der Waals surface area (Å²) in [5, 5.41) is 0. The lowest BCUT2D eigenvalue weighted by molar-refractivity contribution is -0.0319. The third-order valence-corrected chi connectivity index (χ3v) is 3.97. The van der Waals surface area contributed by atoms with Gasteiger partial charge < -0.3 is 20.1 Å². The van der Waals surface area contributed by atoms with Crippen LogP contribution in [0.4, 0.5) is 0 Å². The van der Waals surface area contributed by atoms with E-state index in [0.717, 1.165) is 41.9 Å². The smallest absolute Gasteiger partial charge is 0.122 e. The minimum atomic E-state index is -0.0223. The number of halogens is 1. The molecular weight excluding hydrogens is 308 g/mol. The van der Waals surface area contributed by atoms with E-state index in [9.17, 15) is 0 Å². The summed E-state index contributed by atoms with van der Waals surface area (Å²) in [6.07, 6.45) is 0.837. The highest BCUT2D eigenvalue weighted by molar-refractivity contribution is 9.10. The summed E-state index contributed by atoms with van der Waals surface area (Å²) in [7, 11) is 3.78. The molecule has 1 fully saturated rings. The summed E-state index contributed by atoms with van der Waals surface area (Å²) in [6.45, 7) is 2.62. The molecule has 1 aliphatic rings. The van der Waals surface area contributed by atoms with E-state index >= 15 is 0 Å². The number of rotatable bonds is 4. The van der Waals surface area contributed by atoms with Crippen LogP contribution in [0.5, 0.6) is 5.75 Å². The van der Waals surface area contributed by atoms with Gasteiger partial charge in [-0.25, -0.2) is 0 Å². The van der Waals surface area contributed by atoms with Crippen LogP contribution < -0.4 is 10.5 Å². The van der Waals surface area contributed by atoms with Crippen molar-refractivity contribution in [3.8, 4) is 5.75 Å². The Morgan fingerprint density at radius 1 is 1.58 bits per heavy atom. The molecule has 5 heteroatoms. The number of methoxy groups -OCH3 is 1. The number of benzene rings is 1. The predicted octanol–water partition coefficient (Wildman–Crippen LogP) is 1.66. The van der Waals surface area contributed by atoms with E-state index in [4.69, 9.17) is 15.2 Å². The molecule has 1 heterocycles. The molecule has 106 valence electrons. The first-order chi connectivity index (χ1) is 9.10. The lowest BCUT2D eigenvalue weighted by Crippen LogP contribution is -2.50. The van der Waals surface area contributed by atoms with Crippen LogP contribution in [0.25, 0.3) is 0 Å². The van der Waals surface area contributed by atoms with E-state index < -0.39 is 0 Å². The molecule has 0 spiro atoms. The van der Waals surface area contributed by atoms with Crippen LogP contribution in [0.2, 0.25) is 0 Å². The van der Waals surface area contributed by atoms with E-state index in [1.165, 1.54) is 0 Å². The average molecular weight is 329 g/mol. The van der Waals surface area contributed by atoms with Crippen molar-refractivity contribution in [2.24, 2.45) is 5.73 Å². The third-order valence-electron chi connectivity index (χ3n) is 3.47. The minimum absolute atomic E-state index is 0.0223. The van der Waals surface area contributed by atoms with Gasteiger partial charge in [-0.1, -0.05) is 15.9 Å². The first-order valence-corrected chi connectivity index (χ1v) is 7.27. The van der Waals surface area contributed by atoms with E-state index in [-0.39, 0.29) is 12.1 Å². The van der Waals surface area contributed by atoms with Crippen molar-refractivity contribution < 1.29 is 9.47 Å². The van der Waals surface area contributed by atoms with Crippen LogP contribution >= 0.6 is 15.9 Å². The summed E-state index contributed by atoms with van der Waals surface area (Å²) in [5.41, 5.74) is 7.41. The van der Waals surface area contributed by atoms with Gasteiger partial charge in [-0.2, -0.15) is 0 Å². The number of nitrogens with two attached hydrogens (primary N) is 1. The van der Waals surface area contributed by atoms with Gasteiger partial charge in [0.1, 0.15) is 5.75 Å². The van der Waals surface area contributed by atoms with E-state index in [1.54, 1.807) is 7.11 Å². The molecule has 0 saturated carbocycles. The van der Waals surface area contributed by atoms with Crippen LogP contribution in [0.1, 0.15) is 5.56 Å². The molecule has 0 aromatic heterocycles. The van der Waals surface area contributed by atoms with Gasteiger partial charge >= 0.3 is 0 Å². The van der Waals surface area contributed by atoms with Gasteiger partial charge in [-0.3, -0.25) is 0 Å². The second-order valence-electron chi connectivity index (χ2n) is 5.00. The molecule has 1 aliphatic heterocycles. The maximum Gasteiger partial charge on any atom is 0.122 e. The zero-order valence-corrected chi connectivity index (χ0v) is 13.0. The van der Waals surface area contributed by atoms with Gasteiger partial charge in [0.2, 0.25) is 0 Å². The fraction of sp³-hybridized carbons (Fsp3) is 0.571. The van der Waals surface area contributed by atoms with Gasteiger partial charge in [0.05, 0.1) is 19.8 Å². The molecule has 4 nitrogen and oxygen atoms in total. The molecular formula is C14H21BrN2O2. The van der Waals surface area contributed by atoms with Crippen molar-refractivity contribution in [3.05, 3.63) is 28.2 Å². The fourth-order valence-electron chi connectivity index (χ4n) is 2.36. The Balaban J connectivity index is 2.05.